The fraction of sp³-hybridized carbons (Fsp3) is 0.0732. The molecule has 302 valence electrons. The molecule has 1 aliphatic rings. The molecule has 0 amide bonds. The van der Waals surface area contributed by atoms with Crippen molar-refractivity contribution in [3.05, 3.63) is 148 Å². The summed E-state index contributed by atoms with van der Waals surface area (Å²) in [6.45, 7) is 2.12. The molecule has 0 aliphatic heterocycles. The van der Waals surface area contributed by atoms with Gasteiger partial charge in [-0.2, -0.15) is 36.2 Å². The van der Waals surface area contributed by atoms with E-state index >= 15 is 0 Å². The van der Waals surface area contributed by atoms with E-state index < -0.39 is 59.2 Å². The summed E-state index contributed by atoms with van der Waals surface area (Å²) in [5.74, 6) is -1.85. The number of fused-ring (bicyclic) bond motifs is 2. The standard InChI is InChI=1S/C41H30FN7O9S2/c1-3-49(24-11-5-4-6-12-24)41-46-39(42)45-40(47-41)44-29-21-23(16-19-31(29)60(56,57)58)43-28-17-18-30-34-32(26-14-7-8-15-27(26)37(51)33(28)34)35(38(52)48(30)2)36(50)22-10-9-13-25(20-22)59(53,54)55/h4-21,43H,3H2,1-2H3,(H,53,54,55)(H,56,57,58)(H,44,45,46,47). The van der Waals surface area contributed by atoms with Crippen LogP contribution >= 0.6 is 0 Å². The van der Waals surface area contributed by atoms with Crippen LogP contribution in [0.5, 0.6) is 0 Å². The summed E-state index contributed by atoms with van der Waals surface area (Å²) in [7, 11) is -8.20. The molecule has 60 heavy (non-hydrogen) atoms. The van der Waals surface area contributed by atoms with Gasteiger partial charge in [-0.3, -0.25) is 23.5 Å². The molecule has 0 fully saturated rings. The number of carbonyl (C=O) groups excluding carboxylic acids is 2. The van der Waals surface area contributed by atoms with E-state index in [2.05, 4.69) is 25.6 Å². The van der Waals surface area contributed by atoms with Crippen molar-refractivity contribution in [2.24, 2.45) is 7.05 Å². The number of anilines is 6. The van der Waals surface area contributed by atoms with Gasteiger partial charge in [0.1, 0.15) is 4.90 Å². The number of para-hydroxylation sites is 1. The molecule has 16 nitrogen and oxygen atoms in total. The molecule has 0 bridgehead atoms. The third-order valence-corrected chi connectivity index (χ3v) is 11.6. The predicted molar refractivity (Wildman–Crippen MR) is 219 cm³/mol. The lowest BCUT2D eigenvalue weighted by molar-refractivity contribution is 0.102. The van der Waals surface area contributed by atoms with Crippen LogP contribution in [-0.2, 0) is 27.3 Å². The Labute approximate surface area is 340 Å². The van der Waals surface area contributed by atoms with Gasteiger partial charge in [-0.25, -0.2) is 0 Å². The number of halogens is 1. The Morgan fingerprint density at radius 2 is 1.48 bits per heavy atom. The average molecular weight is 848 g/mol. The first-order valence-corrected chi connectivity index (χ1v) is 20.8. The third-order valence-electron chi connectivity index (χ3n) is 9.86. The highest BCUT2D eigenvalue weighted by Crippen LogP contribution is 2.44. The molecule has 2 heterocycles. The highest BCUT2D eigenvalue weighted by molar-refractivity contribution is 7.86. The van der Waals surface area contributed by atoms with Crippen molar-refractivity contribution in [2.75, 3.05) is 22.1 Å². The van der Waals surface area contributed by atoms with Gasteiger partial charge in [-0.05, 0) is 67.1 Å². The molecule has 0 unspecified atom stereocenters. The fourth-order valence-electron chi connectivity index (χ4n) is 7.20. The maximum absolute atomic E-state index is 14.9. The number of nitrogens with zero attached hydrogens (tertiary/aromatic N) is 5. The maximum Gasteiger partial charge on any atom is 0.315 e. The van der Waals surface area contributed by atoms with Gasteiger partial charge in [0.15, 0.2) is 11.6 Å². The van der Waals surface area contributed by atoms with Crippen molar-refractivity contribution < 1.29 is 39.9 Å². The lowest BCUT2D eigenvalue weighted by atomic mass is 9.80. The van der Waals surface area contributed by atoms with Crippen LogP contribution < -0.4 is 21.1 Å². The van der Waals surface area contributed by atoms with E-state index in [0.29, 0.717) is 12.2 Å². The quantitative estimate of drug-likeness (QED) is 0.0810. The van der Waals surface area contributed by atoms with Crippen molar-refractivity contribution in [3.63, 3.8) is 0 Å². The van der Waals surface area contributed by atoms with Crippen LogP contribution in [0.4, 0.5) is 39.0 Å². The summed E-state index contributed by atoms with van der Waals surface area (Å²) >= 11 is 0. The van der Waals surface area contributed by atoms with E-state index in [0.717, 1.165) is 18.2 Å². The zero-order valence-corrected chi connectivity index (χ0v) is 32.9. The minimum Gasteiger partial charge on any atom is -0.355 e. The lowest BCUT2D eigenvalue weighted by Crippen LogP contribution is -2.29. The third kappa shape index (κ3) is 7.04. The van der Waals surface area contributed by atoms with Gasteiger partial charge in [0.25, 0.3) is 25.8 Å². The SMILES string of the molecule is CCN(c1ccccc1)c1nc(F)nc(Nc2cc(Nc3ccc4c5c3C(=O)c3ccccc3-c5c(C(=O)c3cccc(S(=O)(=O)O)c3)c(=O)n4C)ccc2S(=O)(=O)O)n1. The molecule has 5 aromatic carbocycles. The number of carbonyl (C=O) groups is 2. The Morgan fingerprint density at radius 1 is 0.767 bits per heavy atom. The van der Waals surface area contributed by atoms with E-state index in [4.69, 9.17) is 0 Å². The summed E-state index contributed by atoms with van der Waals surface area (Å²) in [6.07, 6.45) is -1.18. The van der Waals surface area contributed by atoms with E-state index in [-0.39, 0.29) is 67.3 Å². The summed E-state index contributed by atoms with van der Waals surface area (Å²) in [5.41, 5.74) is 0.195. The van der Waals surface area contributed by atoms with Crippen LogP contribution in [0.2, 0.25) is 0 Å². The number of ketones is 2. The van der Waals surface area contributed by atoms with Crippen LogP contribution in [0.15, 0.2) is 124 Å². The predicted octanol–water partition coefficient (Wildman–Crippen LogP) is 6.44. The maximum atomic E-state index is 14.9. The van der Waals surface area contributed by atoms with Gasteiger partial charge >= 0.3 is 6.08 Å². The second-order valence-electron chi connectivity index (χ2n) is 13.4. The number of hydrogen-bond donors (Lipinski definition) is 4. The van der Waals surface area contributed by atoms with Gasteiger partial charge in [0.2, 0.25) is 11.9 Å². The number of benzene rings is 5. The number of aryl methyl sites for hydroxylation is 1. The Hall–Kier alpha value is -7.19. The monoisotopic (exact) mass is 847 g/mol. The van der Waals surface area contributed by atoms with Crippen molar-refractivity contribution >= 4 is 77.4 Å². The fourth-order valence-corrected chi connectivity index (χ4v) is 8.35. The molecule has 19 heteroatoms. The van der Waals surface area contributed by atoms with Gasteiger partial charge in [0, 0.05) is 47.0 Å². The van der Waals surface area contributed by atoms with Crippen LogP contribution in [0, 0.1) is 6.08 Å². The Balaban J connectivity index is 1.27. The van der Waals surface area contributed by atoms with Crippen LogP contribution in [0.3, 0.4) is 0 Å². The van der Waals surface area contributed by atoms with Crippen LogP contribution in [0.25, 0.3) is 22.0 Å². The van der Waals surface area contributed by atoms with Crippen LogP contribution in [-0.4, -0.2) is 63.6 Å². The van der Waals surface area contributed by atoms with Crippen molar-refractivity contribution in [1.29, 1.82) is 0 Å². The molecule has 4 N–H and O–H groups in total. The van der Waals surface area contributed by atoms with Crippen molar-refractivity contribution in [3.8, 4) is 11.1 Å². The number of rotatable bonds is 11. The first kappa shape index (κ1) is 39.6. The molecule has 0 radical (unpaired) electrons. The summed E-state index contributed by atoms with van der Waals surface area (Å²) in [5, 5.41) is 6.00. The highest BCUT2D eigenvalue weighted by Gasteiger charge is 2.34. The Kier molecular flexibility index (Phi) is 9.83. The smallest absolute Gasteiger partial charge is 0.315 e. The normalized spacial score (nSPS) is 12.2. The first-order valence-electron chi connectivity index (χ1n) is 17.9. The first-order chi connectivity index (χ1) is 28.5. The minimum absolute atomic E-state index is 0.0376. The second kappa shape index (κ2) is 14.9. The highest BCUT2D eigenvalue weighted by atomic mass is 32.2. The molecular formula is C41H30FN7O9S2. The van der Waals surface area contributed by atoms with Gasteiger partial charge < -0.3 is 20.1 Å². The molecule has 7 aromatic rings. The molecule has 8 rings (SSSR count). The molecular weight excluding hydrogens is 818 g/mol. The molecule has 2 aromatic heterocycles. The zero-order valence-electron chi connectivity index (χ0n) is 31.3. The summed E-state index contributed by atoms with van der Waals surface area (Å²) in [6, 6.07) is 26.5. The Bertz CT molecular complexity index is 3250. The molecule has 0 saturated carbocycles. The number of hydrogen-bond acceptors (Lipinski definition) is 13. The topological polar surface area (TPSA) is 231 Å². The Morgan fingerprint density at radius 3 is 2.18 bits per heavy atom. The minimum atomic E-state index is -4.89. The molecule has 0 saturated heterocycles. The number of pyridine rings is 1. The second-order valence-corrected chi connectivity index (χ2v) is 16.3. The number of aromatic nitrogens is 4. The van der Waals surface area contributed by atoms with E-state index in [1.807, 2.05) is 0 Å². The van der Waals surface area contributed by atoms with Crippen LogP contribution in [0.1, 0.15) is 38.8 Å². The largest absolute Gasteiger partial charge is 0.355 e. The summed E-state index contributed by atoms with van der Waals surface area (Å²) < 4.78 is 85.0. The van der Waals surface area contributed by atoms with E-state index in [1.54, 1.807) is 66.4 Å². The van der Waals surface area contributed by atoms with E-state index in [9.17, 15) is 44.7 Å². The van der Waals surface area contributed by atoms with E-state index in [1.165, 1.54) is 48.0 Å². The van der Waals surface area contributed by atoms with Crippen molar-refractivity contribution in [2.45, 2.75) is 16.7 Å². The molecule has 0 spiro atoms. The number of nitrogens with one attached hydrogen (secondary N) is 2. The molecule has 0 atom stereocenters. The lowest BCUT2D eigenvalue weighted by Gasteiger charge is -2.25. The van der Waals surface area contributed by atoms with Gasteiger partial charge in [-0.15, -0.1) is 0 Å². The van der Waals surface area contributed by atoms with Crippen molar-refractivity contribution in [1.82, 2.24) is 19.5 Å². The molecule has 1 aliphatic carbocycles. The average Bonchev–Trinajstić information content (AvgIpc) is 3.21. The van der Waals surface area contributed by atoms with Gasteiger partial charge in [0.05, 0.1) is 32.9 Å². The summed E-state index contributed by atoms with van der Waals surface area (Å²) in [4.78, 5) is 55.1. The van der Waals surface area contributed by atoms with Gasteiger partial charge in [-0.1, -0.05) is 54.6 Å². The zero-order chi connectivity index (χ0) is 42.7.